The van der Waals surface area contributed by atoms with Crippen molar-refractivity contribution in [2.75, 3.05) is 5.32 Å². The van der Waals surface area contributed by atoms with E-state index in [4.69, 9.17) is 5.73 Å². The smallest absolute Gasteiger partial charge is 0.365 e. The molecule has 0 atom stereocenters. The molecular formula is C25H18F8N8O2S. The van der Waals surface area contributed by atoms with Gasteiger partial charge < -0.3 is 11.1 Å². The lowest BCUT2D eigenvalue weighted by atomic mass is 10.0. The number of primary amides is 1. The van der Waals surface area contributed by atoms with E-state index in [1.807, 2.05) is 0 Å². The largest absolute Gasteiger partial charge is 0.459 e. The number of alkyl halides is 8. The van der Waals surface area contributed by atoms with Gasteiger partial charge in [-0.15, -0.1) is 11.3 Å². The van der Waals surface area contributed by atoms with Gasteiger partial charge in [0.1, 0.15) is 21.1 Å². The normalized spacial score (nSPS) is 12.8. The van der Waals surface area contributed by atoms with Gasteiger partial charge in [0.15, 0.2) is 11.3 Å². The van der Waals surface area contributed by atoms with Crippen molar-refractivity contribution in [3.05, 3.63) is 57.7 Å². The summed E-state index contributed by atoms with van der Waals surface area (Å²) in [5, 5.41) is 9.93. The van der Waals surface area contributed by atoms with Crippen LogP contribution in [0.4, 0.5) is 40.8 Å². The molecule has 44 heavy (non-hydrogen) atoms. The SMILES string of the molecule is CCn1ncc(-c2cc(C(F)(F)F)nc3sc(C(N)=O)c(NC(=O)c4cc5nc(C)cc(C(F)(F)C(F)(F)F)n5n4)c23)c1C. The minimum Gasteiger partial charge on any atom is -0.365 e. The molecule has 5 rings (SSSR count). The average molecular weight is 647 g/mol. The Kier molecular flexibility index (Phi) is 7.14. The number of aryl methyl sites for hydroxylation is 2. The molecule has 2 amide bonds. The van der Waals surface area contributed by atoms with Gasteiger partial charge in [-0.2, -0.15) is 45.3 Å². The zero-order valence-electron chi connectivity index (χ0n) is 22.5. The number of rotatable bonds is 6. The third kappa shape index (κ3) is 4.99. The number of pyridine rings is 1. The molecule has 0 aliphatic heterocycles. The van der Waals surface area contributed by atoms with Crippen LogP contribution in [0.1, 0.15) is 49.9 Å². The van der Waals surface area contributed by atoms with Crippen LogP contribution in [0.3, 0.4) is 0 Å². The number of hydrogen-bond acceptors (Lipinski definition) is 7. The average Bonchev–Trinajstić information content (AvgIpc) is 3.61. The van der Waals surface area contributed by atoms with Crippen LogP contribution in [-0.4, -0.2) is 47.4 Å². The van der Waals surface area contributed by atoms with E-state index < -0.39 is 57.7 Å². The number of fused-ring (bicyclic) bond motifs is 2. The Balaban J connectivity index is 1.71. The highest BCUT2D eigenvalue weighted by Gasteiger charge is 2.60. The van der Waals surface area contributed by atoms with Gasteiger partial charge in [0.05, 0.1) is 11.9 Å². The molecule has 0 bridgehead atoms. The van der Waals surface area contributed by atoms with E-state index >= 15 is 0 Å². The molecule has 5 heterocycles. The van der Waals surface area contributed by atoms with Crippen LogP contribution in [0.25, 0.3) is 27.0 Å². The van der Waals surface area contributed by atoms with Crippen LogP contribution < -0.4 is 11.1 Å². The lowest BCUT2D eigenvalue weighted by molar-refractivity contribution is -0.291. The van der Waals surface area contributed by atoms with E-state index in [0.29, 0.717) is 35.7 Å². The van der Waals surface area contributed by atoms with Crippen molar-refractivity contribution in [3.8, 4) is 11.1 Å². The first-order valence-electron chi connectivity index (χ1n) is 12.4. The molecule has 5 aromatic heterocycles. The van der Waals surface area contributed by atoms with E-state index in [-0.39, 0.29) is 37.2 Å². The summed E-state index contributed by atoms with van der Waals surface area (Å²) in [4.78, 5) is 32.5. The zero-order chi connectivity index (χ0) is 32.5. The Morgan fingerprint density at radius 2 is 1.68 bits per heavy atom. The van der Waals surface area contributed by atoms with E-state index in [1.165, 1.54) is 10.9 Å². The van der Waals surface area contributed by atoms with Crippen LogP contribution in [-0.2, 0) is 18.6 Å². The fourth-order valence-corrected chi connectivity index (χ4v) is 5.54. The van der Waals surface area contributed by atoms with E-state index in [0.717, 1.165) is 13.0 Å². The summed E-state index contributed by atoms with van der Waals surface area (Å²) >= 11 is 0.453. The first-order chi connectivity index (χ1) is 20.3. The minimum atomic E-state index is -6.00. The van der Waals surface area contributed by atoms with Crippen LogP contribution in [0.15, 0.2) is 24.4 Å². The van der Waals surface area contributed by atoms with Crippen molar-refractivity contribution in [3.63, 3.8) is 0 Å². The number of carbonyl (C=O) groups excluding carboxylic acids is 2. The highest BCUT2D eigenvalue weighted by Crippen LogP contribution is 2.45. The number of anilines is 1. The molecule has 0 aliphatic carbocycles. The number of amides is 2. The highest BCUT2D eigenvalue weighted by atomic mass is 32.1. The molecule has 0 fully saturated rings. The summed E-state index contributed by atoms with van der Waals surface area (Å²) in [5.74, 6) is -7.74. The van der Waals surface area contributed by atoms with Crippen molar-refractivity contribution in [2.24, 2.45) is 5.73 Å². The van der Waals surface area contributed by atoms with E-state index in [1.54, 1.807) is 13.8 Å². The molecule has 0 aromatic carbocycles. The first-order valence-corrected chi connectivity index (χ1v) is 13.2. The van der Waals surface area contributed by atoms with Crippen molar-refractivity contribution in [1.82, 2.24) is 29.4 Å². The highest BCUT2D eigenvalue weighted by molar-refractivity contribution is 7.21. The summed E-state index contributed by atoms with van der Waals surface area (Å²) in [6.45, 7) is 4.86. The van der Waals surface area contributed by atoms with E-state index in [9.17, 15) is 44.7 Å². The molecule has 0 saturated carbocycles. The van der Waals surface area contributed by atoms with Gasteiger partial charge in [0.2, 0.25) is 0 Å². The molecule has 0 unspecified atom stereocenters. The molecule has 3 N–H and O–H groups in total. The summed E-state index contributed by atoms with van der Waals surface area (Å²) in [6.07, 6.45) is -9.62. The van der Waals surface area contributed by atoms with Gasteiger partial charge in [-0.25, -0.2) is 14.5 Å². The maximum Gasteiger partial charge on any atom is 0.459 e. The van der Waals surface area contributed by atoms with Crippen molar-refractivity contribution >= 4 is 44.7 Å². The monoisotopic (exact) mass is 646 g/mol. The number of aromatic nitrogens is 6. The van der Waals surface area contributed by atoms with Gasteiger partial charge in [0.25, 0.3) is 11.8 Å². The zero-order valence-corrected chi connectivity index (χ0v) is 23.3. The second-order valence-electron chi connectivity index (χ2n) is 9.47. The van der Waals surface area contributed by atoms with Crippen molar-refractivity contribution < 1.29 is 44.7 Å². The fourth-order valence-electron chi connectivity index (χ4n) is 4.54. The van der Waals surface area contributed by atoms with Crippen LogP contribution >= 0.6 is 11.3 Å². The molecule has 0 saturated heterocycles. The molecule has 19 heteroatoms. The maximum atomic E-state index is 14.3. The third-order valence-electron chi connectivity index (χ3n) is 6.57. The molecule has 0 radical (unpaired) electrons. The van der Waals surface area contributed by atoms with Crippen LogP contribution in [0.2, 0.25) is 0 Å². The molecule has 232 valence electrons. The van der Waals surface area contributed by atoms with Crippen LogP contribution in [0, 0.1) is 13.8 Å². The third-order valence-corrected chi connectivity index (χ3v) is 7.67. The fraction of sp³-hybridized carbons (Fsp3) is 0.280. The van der Waals surface area contributed by atoms with Crippen molar-refractivity contribution in [1.29, 1.82) is 0 Å². The number of carbonyl (C=O) groups is 2. The van der Waals surface area contributed by atoms with Gasteiger partial charge in [-0.1, -0.05) is 0 Å². The summed E-state index contributed by atoms with van der Waals surface area (Å²) in [7, 11) is 0. The van der Waals surface area contributed by atoms with E-state index in [2.05, 4.69) is 25.5 Å². The maximum absolute atomic E-state index is 14.3. The van der Waals surface area contributed by atoms with Crippen LogP contribution in [0.5, 0.6) is 0 Å². The summed E-state index contributed by atoms with van der Waals surface area (Å²) in [6, 6.07) is 2.00. The Morgan fingerprint density at radius 3 is 2.25 bits per heavy atom. The molecule has 0 spiro atoms. The Morgan fingerprint density at radius 1 is 1.00 bits per heavy atom. The molecular weight excluding hydrogens is 628 g/mol. The Labute approximate surface area is 244 Å². The number of thiophene rings is 1. The molecule has 0 aliphatic rings. The quantitative estimate of drug-likeness (QED) is 0.222. The topological polar surface area (TPSA) is 133 Å². The predicted molar refractivity (Wildman–Crippen MR) is 140 cm³/mol. The number of nitrogens with two attached hydrogens (primary N) is 1. The van der Waals surface area contributed by atoms with Gasteiger partial charge in [0, 0.05) is 34.9 Å². The summed E-state index contributed by atoms with van der Waals surface area (Å²) in [5.41, 5.74) is 1.27. The Hall–Kier alpha value is -4.68. The lowest BCUT2D eigenvalue weighted by Crippen LogP contribution is -2.36. The first kappa shape index (κ1) is 30.8. The predicted octanol–water partition coefficient (Wildman–Crippen LogP) is 5.86. The number of halogens is 8. The number of hydrogen-bond donors (Lipinski definition) is 2. The minimum absolute atomic E-state index is 0.113. The second kappa shape index (κ2) is 10.2. The molecule has 5 aromatic rings. The van der Waals surface area contributed by atoms with Gasteiger partial charge in [-0.3, -0.25) is 14.3 Å². The van der Waals surface area contributed by atoms with Gasteiger partial charge in [-0.05, 0) is 38.5 Å². The second-order valence-corrected chi connectivity index (χ2v) is 10.5. The Bertz CT molecular complexity index is 1970. The van der Waals surface area contributed by atoms with Crippen molar-refractivity contribution in [2.45, 2.75) is 45.6 Å². The standard InChI is InChI=1S/C25H18F8N8O2S/c1-4-40-10(3)12(8-35-40)11-6-14(24(28,29)30)37-22-17(11)18(19(44-22)20(34)42)38-21(43)13-7-16-36-9(2)5-15(41(16)39-13)23(26,27)25(31,32)33/h5-8H,4H2,1-3H3,(H2,34,42)(H,38,43). The molecule has 10 nitrogen and oxygen atoms in total. The van der Waals surface area contributed by atoms with Gasteiger partial charge >= 0.3 is 18.3 Å². The number of nitrogens with one attached hydrogen (secondary N) is 1. The lowest BCUT2D eigenvalue weighted by Gasteiger charge is -2.20. The number of nitrogens with zero attached hydrogens (tertiary/aromatic N) is 6. The summed E-state index contributed by atoms with van der Waals surface area (Å²) < 4.78 is 111.